The van der Waals surface area contributed by atoms with Crippen molar-refractivity contribution in [2.75, 3.05) is 5.73 Å². The van der Waals surface area contributed by atoms with E-state index >= 15 is 0 Å². The van der Waals surface area contributed by atoms with Gasteiger partial charge >= 0.3 is 0 Å². The average molecular weight is 311 g/mol. The van der Waals surface area contributed by atoms with Gasteiger partial charge in [-0.25, -0.2) is 9.97 Å². The molecule has 8 nitrogen and oxygen atoms in total. The molecule has 0 saturated heterocycles. The highest BCUT2D eigenvalue weighted by Crippen LogP contribution is 2.30. The Hall–Kier alpha value is -3.42. The molecule has 23 heavy (non-hydrogen) atoms. The van der Waals surface area contributed by atoms with Crippen molar-refractivity contribution in [3.63, 3.8) is 0 Å². The molecule has 116 valence electrons. The van der Waals surface area contributed by atoms with Gasteiger partial charge in [0.15, 0.2) is 5.76 Å². The van der Waals surface area contributed by atoms with Crippen molar-refractivity contribution in [1.29, 1.82) is 0 Å². The molecule has 0 saturated carbocycles. The number of primary amides is 1. The van der Waals surface area contributed by atoms with Crippen LogP contribution in [-0.2, 0) is 11.3 Å². The van der Waals surface area contributed by atoms with E-state index in [2.05, 4.69) is 9.97 Å². The van der Waals surface area contributed by atoms with Gasteiger partial charge in [-0.05, 0) is 18.2 Å². The second-order valence-electron chi connectivity index (χ2n) is 4.82. The number of rotatable bonds is 4. The molecular weight excluding hydrogens is 298 g/mol. The second kappa shape index (κ2) is 5.76. The molecule has 0 bridgehead atoms. The van der Waals surface area contributed by atoms with E-state index in [4.69, 9.17) is 15.9 Å². The number of nitrogen functional groups attached to an aromatic ring is 1. The highest BCUT2D eigenvalue weighted by Gasteiger charge is 2.14. The van der Waals surface area contributed by atoms with Crippen LogP contribution in [0.2, 0.25) is 0 Å². The number of hydrogen-bond donors (Lipinski definition) is 2. The Kier molecular flexibility index (Phi) is 3.63. The molecule has 3 aromatic heterocycles. The Bertz CT molecular complexity index is 915. The van der Waals surface area contributed by atoms with Gasteiger partial charge in [0.1, 0.15) is 12.2 Å². The highest BCUT2D eigenvalue weighted by molar-refractivity contribution is 5.78. The summed E-state index contributed by atoms with van der Waals surface area (Å²) in [6.45, 7) is -0.210. The maximum atomic E-state index is 11.8. The molecule has 0 radical (unpaired) electrons. The smallest absolute Gasteiger partial charge is 0.251 e. The van der Waals surface area contributed by atoms with Gasteiger partial charge in [-0.3, -0.25) is 9.59 Å². The molecule has 0 aromatic carbocycles. The lowest BCUT2D eigenvalue weighted by Crippen LogP contribution is -2.27. The fourth-order valence-electron chi connectivity index (χ4n) is 2.19. The van der Waals surface area contributed by atoms with Gasteiger partial charge in [0, 0.05) is 29.6 Å². The molecule has 0 fully saturated rings. The minimum atomic E-state index is -0.607. The molecule has 0 unspecified atom stereocenters. The molecule has 0 atom stereocenters. The predicted molar refractivity (Wildman–Crippen MR) is 83.0 cm³/mol. The third-order valence-corrected chi connectivity index (χ3v) is 3.18. The number of carbonyl (C=O) groups excluding carboxylic acids is 1. The summed E-state index contributed by atoms with van der Waals surface area (Å²) in [4.78, 5) is 31.0. The zero-order chi connectivity index (χ0) is 16.4. The molecule has 0 spiro atoms. The van der Waals surface area contributed by atoms with Crippen LogP contribution in [-0.4, -0.2) is 20.4 Å². The fraction of sp³-hybridized carbons (Fsp3) is 0.0667. The van der Waals surface area contributed by atoms with Crippen LogP contribution in [0.3, 0.4) is 0 Å². The molecule has 1 amide bonds. The van der Waals surface area contributed by atoms with Crippen LogP contribution in [0, 0.1) is 0 Å². The number of hydrogen-bond acceptors (Lipinski definition) is 6. The van der Waals surface area contributed by atoms with Gasteiger partial charge in [0.25, 0.3) is 5.56 Å². The third-order valence-electron chi connectivity index (χ3n) is 3.18. The minimum absolute atomic E-state index is 0.102. The maximum Gasteiger partial charge on any atom is 0.251 e. The normalized spacial score (nSPS) is 10.6. The van der Waals surface area contributed by atoms with Crippen molar-refractivity contribution in [2.45, 2.75) is 6.54 Å². The molecule has 0 aliphatic heterocycles. The van der Waals surface area contributed by atoms with Crippen molar-refractivity contribution in [3.8, 4) is 22.6 Å². The van der Waals surface area contributed by atoms with Crippen LogP contribution in [0.15, 0.2) is 52.1 Å². The number of carbonyl (C=O) groups is 1. The van der Waals surface area contributed by atoms with Crippen LogP contribution >= 0.6 is 0 Å². The number of amides is 1. The molecule has 4 N–H and O–H groups in total. The van der Waals surface area contributed by atoms with Crippen molar-refractivity contribution in [3.05, 3.63) is 53.3 Å². The number of furan rings is 1. The summed E-state index contributed by atoms with van der Waals surface area (Å²) in [5.74, 6) is 0.0106. The standard InChI is InChI=1S/C15H13N5O3/c16-12(21)8-20-7-9(3-4-13(20)22)10-6-18-15(17)19-14(10)11-2-1-5-23-11/h1-7H,8H2,(H2,16,21)(H2,17,18,19). The van der Waals surface area contributed by atoms with Gasteiger partial charge in [0.2, 0.25) is 11.9 Å². The van der Waals surface area contributed by atoms with Gasteiger partial charge < -0.3 is 20.5 Å². The van der Waals surface area contributed by atoms with Crippen molar-refractivity contribution >= 4 is 11.9 Å². The lowest BCUT2D eigenvalue weighted by Gasteiger charge is -2.09. The number of aromatic nitrogens is 3. The summed E-state index contributed by atoms with van der Waals surface area (Å²) in [5, 5.41) is 0. The molecule has 3 heterocycles. The first-order valence-electron chi connectivity index (χ1n) is 6.70. The van der Waals surface area contributed by atoms with Gasteiger partial charge in [-0.2, -0.15) is 0 Å². The summed E-state index contributed by atoms with van der Waals surface area (Å²) in [5.41, 5.74) is 12.2. The van der Waals surface area contributed by atoms with E-state index in [1.807, 2.05) is 0 Å². The van der Waals surface area contributed by atoms with E-state index in [0.717, 1.165) is 0 Å². The first kappa shape index (κ1) is 14.5. The molecule has 0 aliphatic rings. The fourth-order valence-corrected chi connectivity index (χ4v) is 2.19. The lowest BCUT2D eigenvalue weighted by atomic mass is 10.1. The van der Waals surface area contributed by atoms with E-state index < -0.39 is 5.91 Å². The van der Waals surface area contributed by atoms with Crippen molar-refractivity contribution in [2.24, 2.45) is 5.73 Å². The summed E-state index contributed by atoms with van der Waals surface area (Å²) in [6.07, 6.45) is 4.58. The zero-order valence-electron chi connectivity index (χ0n) is 12.0. The quantitative estimate of drug-likeness (QED) is 0.727. The van der Waals surface area contributed by atoms with E-state index in [1.165, 1.54) is 29.3 Å². The van der Waals surface area contributed by atoms with Gasteiger partial charge in [-0.1, -0.05) is 0 Å². The van der Waals surface area contributed by atoms with Crippen molar-refractivity contribution in [1.82, 2.24) is 14.5 Å². The number of nitrogens with two attached hydrogens (primary N) is 2. The van der Waals surface area contributed by atoms with E-state index in [9.17, 15) is 9.59 Å². The topological polar surface area (TPSA) is 130 Å². The van der Waals surface area contributed by atoms with E-state index in [1.54, 1.807) is 18.2 Å². The Morgan fingerprint density at radius 2 is 2.13 bits per heavy atom. The van der Waals surface area contributed by atoms with Crippen LogP contribution in [0.1, 0.15) is 0 Å². The summed E-state index contributed by atoms with van der Waals surface area (Å²) >= 11 is 0. The predicted octanol–water partition coefficient (Wildman–Crippen LogP) is 0.633. The zero-order valence-corrected chi connectivity index (χ0v) is 12.0. The van der Waals surface area contributed by atoms with Crippen LogP contribution in [0.5, 0.6) is 0 Å². The number of anilines is 1. The number of nitrogens with zero attached hydrogens (tertiary/aromatic N) is 3. The van der Waals surface area contributed by atoms with Crippen molar-refractivity contribution < 1.29 is 9.21 Å². The summed E-state index contributed by atoms with van der Waals surface area (Å²) in [6, 6.07) is 6.43. The molecular formula is C15H13N5O3. The first-order valence-corrected chi connectivity index (χ1v) is 6.70. The largest absolute Gasteiger partial charge is 0.463 e. The van der Waals surface area contributed by atoms with E-state index in [0.29, 0.717) is 22.6 Å². The third kappa shape index (κ3) is 2.95. The van der Waals surface area contributed by atoms with Crippen LogP contribution in [0.4, 0.5) is 5.95 Å². The summed E-state index contributed by atoms with van der Waals surface area (Å²) < 4.78 is 6.59. The Morgan fingerprint density at radius 1 is 1.30 bits per heavy atom. The molecule has 8 heteroatoms. The lowest BCUT2D eigenvalue weighted by molar-refractivity contribution is -0.118. The highest BCUT2D eigenvalue weighted by atomic mass is 16.3. The minimum Gasteiger partial charge on any atom is -0.463 e. The average Bonchev–Trinajstić information content (AvgIpc) is 3.03. The maximum absolute atomic E-state index is 11.8. The molecule has 3 rings (SSSR count). The molecule has 0 aliphatic carbocycles. The monoisotopic (exact) mass is 311 g/mol. The first-order chi connectivity index (χ1) is 11.0. The van der Waals surface area contributed by atoms with Crippen LogP contribution in [0.25, 0.3) is 22.6 Å². The SMILES string of the molecule is NC(=O)Cn1cc(-c2cnc(N)nc2-c2ccco2)ccc1=O. The van der Waals surface area contributed by atoms with Gasteiger partial charge in [-0.15, -0.1) is 0 Å². The Morgan fingerprint density at radius 3 is 2.83 bits per heavy atom. The number of pyridine rings is 1. The molecule has 3 aromatic rings. The van der Waals surface area contributed by atoms with E-state index in [-0.39, 0.29) is 18.1 Å². The van der Waals surface area contributed by atoms with Crippen LogP contribution < -0.4 is 17.0 Å². The second-order valence-corrected chi connectivity index (χ2v) is 4.82. The van der Waals surface area contributed by atoms with Gasteiger partial charge in [0.05, 0.1) is 6.26 Å². The summed E-state index contributed by atoms with van der Waals surface area (Å²) in [7, 11) is 0. The Labute approximate surface area is 130 Å². The Balaban J connectivity index is 2.16.